The van der Waals surface area contributed by atoms with E-state index < -0.39 is 5.79 Å². The predicted molar refractivity (Wildman–Crippen MR) is 35.6 cm³/mol. The Morgan fingerprint density at radius 2 is 2.40 bits per heavy atom. The Kier molecular flexibility index (Phi) is 2.40. The molecular weight excluding hydrogens is 132 g/mol. The monoisotopic (exact) mass is 144 g/mol. The maximum atomic E-state index is 10.5. The third-order valence-corrected chi connectivity index (χ3v) is 1.79. The number of aldehydes is 1. The van der Waals surface area contributed by atoms with E-state index in [1.54, 1.807) is 0 Å². The molecule has 1 saturated heterocycles. The van der Waals surface area contributed by atoms with Crippen molar-refractivity contribution in [2.75, 3.05) is 13.7 Å². The van der Waals surface area contributed by atoms with Crippen LogP contribution in [0.15, 0.2) is 0 Å². The Morgan fingerprint density at radius 3 is 2.70 bits per heavy atom. The average Bonchev–Trinajstić information content (AvgIpc) is 2.06. The lowest BCUT2D eigenvalue weighted by atomic mass is 10.1. The summed E-state index contributed by atoms with van der Waals surface area (Å²) in [5.41, 5.74) is 0. The van der Waals surface area contributed by atoms with Crippen molar-refractivity contribution in [3.05, 3.63) is 0 Å². The smallest absolute Gasteiger partial charge is 0.225 e. The first-order chi connectivity index (χ1) is 4.83. The molecule has 0 saturated carbocycles. The molecule has 1 fully saturated rings. The van der Waals surface area contributed by atoms with Gasteiger partial charge in [-0.1, -0.05) is 0 Å². The largest absolute Gasteiger partial charge is 0.347 e. The van der Waals surface area contributed by atoms with Crippen LogP contribution in [-0.4, -0.2) is 25.8 Å². The summed E-state index contributed by atoms with van der Waals surface area (Å²) in [6.07, 6.45) is 3.46. The van der Waals surface area contributed by atoms with E-state index in [2.05, 4.69) is 0 Å². The van der Waals surface area contributed by atoms with Crippen LogP contribution in [0.2, 0.25) is 0 Å². The van der Waals surface area contributed by atoms with Gasteiger partial charge in [-0.2, -0.15) is 0 Å². The summed E-state index contributed by atoms with van der Waals surface area (Å²) in [6, 6.07) is 0. The number of rotatable bonds is 2. The topological polar surface area (TPSA) is 35.5 Å². The van der Waals surface area contributed by atoms with Gasteiger partial charge in [0.2, 0.25) is 5.79 Å². The van der Waals surface area contributed by atoms with Crippen LogP contribution in [0, 0.1) is 0 Å². The summed E-state index contributed by atoms with van der Waals surface area (Å²) in [6.45, 7) is 0.632. The van der Waals surface area contributed by atoms with Crippen molar-refractivity contribution in [2.45, 2.75) is 25.0 Å². The maximum Gasteiger partial charge on any atom is 0.225 e. The van der Waals surface area contributed by atoms with Crippen molar-refractivity contribution in [3.8, 4) is 0 Å². The van der Waals surface area contributed by atoms with Gasteiger partial charge in [0.1, 0.15) is 0 Å². The Bertz CT molecular complexity index is 116. The van der Waals surface area contributed by atoms with E-state index in [0.29, 0.717) is 13.0 Å². The van der Waals surface area contributed by atoms with E-state index >= 15 is 0 Å². The van der Waals surface area contributed by atoms with Crippen LogP contribution in [-0.2, 0) is 14.3 Å². The molecule has 1 aliphatic heterocycles. The molecule has 0 aromatic rings. The highest BCUT2D eigenvalue weighted by molar-refractivity contribution is 5.60. The first kappa shape index (κ1) is 7.69. The summed E-state index contributed by atoms with van der Waals surface area (Å²) in [5, 5.41) is 0. The van der Waals surface area contributed by atoms with E-state index in [1.165, 1.54) is 7.11 Å². The van der Waals surface area contributed by atoms with Gasteiger partial charge in [0, 0.05) is 13.5 Å². The fourth-order valence-electron chi connectivity index (χ4n) is 1.09. The molecule has 3 heteroatoms. The summed E-state index contributed by atoms with van der Waals surface area (Å²) in [4.78, 5) is 10.5. The minimum Gasteiger partial charge on any atom is -0.347 e. The second-order valence-electron chi connectivity index (χ2n) is 2.44. The third-order valence-electron chi connectivity index (χ3n) is 1.79. The highest BCUT2D eigenvalue weighted by Crippen LogP contribution is 2.22. The minimum atomic E-state index is -0.918. The van der Waals surface area contributed by atoms with Gasteiger partial charge in [-0.15, -0.1) is 0 Å². The molecule has 0 N–H and O–H groups in total. The van der Waals surface area contributed by atoms with Gasteiger partial charge in [-0.05, 0) is 12.8 Å². The van der Waals surface area contributed by atoms with Crippen LogP contribution in [0.5, 0.6) is 0 Å². The number of hydrogen-bond acceptors (Lipinski definition) is 3. The molecule has 1 rings (SSSR count). The zero-order valence-corrected chi connectivity index (χ0v) is 6.13. The predicted octanol–water partition coefficient (Wildman–Crippen LogP) is 0.729. The molecular formula is C7H12O3. The molecule has 0 radical (unpaired) electrons. The normalized spacial score (nSPS) is 33.7. The molecule has 0 aromatic heterocycles. The summed E-state index contributed by atoms with van der Waals surface area (Å²) in [5.74, 6) is -0.918. The van der Waals surface area contributed by atoms with E-state index in [9.17, 15) is 4.79 Å². The summed E-state index contributed by atoms with van der Waals surface area (Å²) < 4.78 is 10.1. The van der Waals surface area contributed by atoms with Gasteiger partial charge in [-0.3, -0.25) is 4.79 Å². The molecule has 0 aromatic carbocycles. The Balaban J connectivity index is 2.52. The van der Waals surface area contributed by atoms with Gasteiger partial charge in [-0.25, -0.2) is 0 Å². The van der Waals surface area contributed by atoms with Crippen molar-refractivity contribution in [3.63, 3.8) is 0 Å². The molecule has 3 nitrogen and oxygen atoms in total. The number of ether oxygens (including phenoxy) is 2. The molecule has 1 unspecified atom stereocenters. The SMILES string of the molecule is COC1(C=O)CCCCO1. The lowest BCUT2D eigenvalue weighted by molar-refractivity contribution is -0.222. The third kappa shape index (κ3) is 1.36. The molecule has 0 amide bonds. The highest BCUT2D eigenvalue weighted by Gasteiger charge is 2.32. The average molecular weight is 144 g/mol. The van der Waals surface area contributed by atoms with Gasteiger partial charge in [0.05, 0.1) is 6.61 Å². The van der Waals surface area contributed by atoms with Crippen molar-refractivity contribution in [2.24, 2.45) is 0 Å². The van der Waals surface area contributed by atoms with Crippen LogP contribution < -0.4 is 0 Å². The van der Waals surface area contributed by atoms with Crippen LogP contribution in [0.3, 0.4) is 0 Å². The van der Waals surface area contributed by atoms with Crippen LogP contribution in [0.1, 0.15) is 19.3 Å². The standard InChI is InChI=1S/C7H12O3/c1-9-7(6-8)4-2-3-5-10-7/h6H,2-5H2,1H3. The fourth-order valence-corrected chi connectivity index (χ4v) is 1.09. The Labute approximate surface area is 60.3 Å². The molecule has 0 bridgehead atoms. The van der Waals surface area contributed by atoms with Gasteiger partial charge in [0.25, 0.3) is 0 Å². The molecule has 1 atom stereocenters. The zero-order valence-electron chi connectivity index (χ0n) is 6.13. The second kappa shape index (κ2) is 3.12. The van der Waals surface area contributed by atoms with E-state index in [4.69, 9.17) is 9.47 Å². The fraction of sp³-hybridized carbons (Fsp3) is 0.857. The number of hydrogen-bond donors (Lipinski definition) is 0. The van der Waals surface area contributed by atoms with Crippen molar-refractivity contribution in [1.82, 2.24) is 0 Å². The van der Waals surface area contributed by atoms with Crippen LogP contribution in [0.25, 0.3) is 0 Å². The van der Waals surface area contributed by atoms with E-state index in [-0.39, 0.29) is 0 Å². The first-order valence-electron chi connectivity index (χ1n) is 3.48. The minimum absolute atomic E-state index is 0.632. The quantitative estimate of drug-likeness (QED) is 0.536. The van der Waals surface area contributed by atoms with E-state index in [1.807, 2.05) is 0 Å². The Morgan fingerprint density at radius 1 is 1.60 bits per heavy atom. The number of carbonyl (C=O) groups is 1. The van der Waals surface area contributed by atoms with Gasteiger partial charge >= 0.3 is 0 Å². The lowest BCUT2D eigenvalue weighted by Crippen LogP contribution is -2.39. The summed E-state index contributed by atoms with van der Waals surface area (Å²) >= 11 is 0. The van der Waals surface area contributed by atoms with E-state index in [0.717, 1.165) is 19.1 Å². The summed E-state index contributed by atoms with van der Waals surface area (Å²) in [7, 11) is 1.50. The van der Waals surface area contributed by atoms with Gasteiger partial charge in [0.15, 0.2) is 6.29 Å². The molecule has 10 heavy (non-hydrogen) atoms. The first-order valence-corrected chi connectivity index (χ1v) is 3.48. The number of carbonyl (C=O) groups excluding carboxylic acids is 1. The lowest BCUT2D eigenvalue weighted by Gasteiger charge is -2.30. The second-order valence-corrected chi connectivity index (χ2v) is 2.44. The molecule has 58 valence electrons. The molecule has 1 aliphatic rings. The van der Waals surface area contributed by atoms with Crippen LogP contribution >= 0.6 is 0 Å². The highest BCUT2D eigenvalue weighted by atomic mass is 16.7. The van der Waals surface area contributed by atoms with Crippen molar-refractivity contribution < 1.29 is 14.3 Å². The van der Waals surface area contributed by atoms with Crippen molar-refractivity contribution >= 4 is 6.29 Å². The number of methoxy groups -OCH3 is 1. The molecule has 0 spiro atoms. The van der Waals surface area contributed by atoms with Gasteiger partial charge < -0.3 is 9.47 Å². The molecule has 1 heterocycles. The zero-order chi connectivity index (χ0) is 7.45. The molecule has 0 aliphatic carbocycles. The Hall–Kier alpha value is -0.410. The van der Waals surface area contributed by atoms with Crippen LogP contribution in [0.4, 0.5) is 0 Å². The van der Waals surface area contributed by atoms with Crippen molar-refractivity contribution in [1.29, 1.82) is 0 Å². The maximum absolute atomic E-state index is 10.5.